The lowest BCUT2D eigenvalue weighted by atomic mass is 10.1. The normalized spacial score (nSPS) is 12.4. The van der Waals surface area contributed by atoms with Crippen molar-refractivity contribution in [3.8, 4) is 0 Å². The molecular formula is C24H29Cl4N3O4S. The van der Waals surface area contributed by atoms with Crippen molar-refractivity contribution in [3.63, 3.8) is 0 Å². The molecule has 0 saturated heterocycles. The van der Waals surface area contributed by atoms with E-state index in [0.717, 1.165) is 10.6 Å². The van der Waals surface area contributed by atoms with Crippen molar-refractivity contribution in [2.75, 3.05) is 23.7 Å². The summed E-state index contributed by atoms with van der Waals surface area (Å²) in [5.74, 6) is -0.777. The summed E-state index contributed by atoms with van der Waals surface area (Å²) in [5, 5.41) is 3.87. The molecule has 1 atom stereocenters. The van der Waals surface area contributed by atoms with E-state index in [-0.39, 0.29) is 40.5 Å². The van der Waals surface area contributed by atoms with Gasteiger partial charge in [0.2, 0.25) is 21.8 Å². The van der Waals surface area contributed by atoms with Gasteiger partial charge >= 0.3 is 0 Å². The van der Waals surface area contributed by atoms with Gasteiger partial charge in [0.1, 0.15) is 12.6 Å². The third-order valence-corrected chi connectivity index (χ3v) is 7.92. The molecule has 0 radical (unpaired) electrons. The lowest BCUT2D eigenvalue weighted by Crippen LogP contribution is -2.52. The first-order valence-corrected chi connectivity index (χ1v) is 14.5. The van der Waals surface area contributed by atoms with Crippen LogP contribution in [0.5, 0.6) is 0 Å². The molecule has 0 bridgehead atoms. The number of sulfonamides is 1. The predicted octanol–water partition coefficient (Wildman–Crippen LogP) is 5.65. The first-order valence-electron chi connectivity index (χ1n) is 11.2. The summed E-state index contributed by atoms with van der Waals surface area (Å²) in [7, 11) is -3.91. The van der Waals surface area contributed by atoms with Gasteiger partial charge in [-0.2, -0.15) is 0 Å². The third-order valence-electron chi connectivity index (χ3n) is 5.33. The van der Waals surface area contributed by atoms with Crippen LogP contribution in [0.15, 0.2) is 36.4 Å². The number of hydrogen-bond donors (Lipinski definition) is 1. The van der Waals surface area contributed by atoms with Gasteiger partial charge in [0.25, 0.3) is 0 Å². The Hall–Kier alpha value is -1.71. The second-order valence-electron chi connectivity index (χ2n) is 8.65. The summed E-state index contributed by atoms with van der Waals surface area (Å²) >= 11 is 24.8. The maximum absolute atomic E-state index is 13.7. The number of halogens is 4. The molecular weight excluding hydrogens is 568 g/mol. The molecule has 0 aliphatic carbocycles. The molecule has 0 aromatic heterocycles. The molecule has 7 nitrogen and oxygen atoms in total. The zero-order chi connectivity index (χ0) is 27.2. The van der Waals surface area contributed by atoms with Crippen LogP contribution >= 0.6 is 46.4 Å². The Morgan fingerprint density at radius 2 is 1.58 bits per heavy atom. The highest BCUT2D eigenvalue weighted by Gasteiger charge is 2.32. The Morgan fingerprint density at radius 1 is 0.972 bits per heavy atom. The number of hydrogen-bond acceptors (Lipinski definition) is 4. The van der Waals surface area contributed by atoms with E-state index in [2.05, 4.69) is 5.32 Å². The summed E-state index contributed by atoms with van der Waals surface area (Å²) < 4.78 is 26.2. The first kappa shape index (κ1) is 30.5. The number of nitrogens with zero attached hydrogens (tertiary/aromatic N) is 2. The van der Waals surface area contributed by atoms with E-state index in [0.29, 0.717) is 22.2 Å². The standard InChI is InChI=1S/C24H29Cl4N3O4S/c1-5-22(24(33)29-12-15(2)3)30(13-17-18(25)7-6-8-19(17)26)23(32)14-31(36(4,34)35)16-9-10-20(27)21(28)11-16/h6-11,15,22H,5,12-14H2,1-4H3,(H,29,33)/t22-/m0/s1. The minimum Gasteiger partial charge on any atom is -0.354 e. The fraction of sp³-hybridized carbons (Fsp3) is 0.417. The zero-order valence-electron chi connectivity index (χ0n) is 20.4. The van der Waals surface area contributed by atoms with Crippen molar-refractivity contribution in [1.82, 2.24) is 10.2 Å². The average molecular weight is 597 g/mol. The van der Waals surface area contributed by atoms with Crippen molar-refractivity contribution in [2.24, 2.45) is 5.92 Å². The van der Waals surface area contributed by atoms with E-state index in [1.165, 1.54) is 23.1 Å². The fourth-order valence-electron chi connectivity index (χ4n) is 3.45. The van der Waals surface area contributed by atoms with Crippen molar-refractivity contribution < 1.29 is 18.0 Å². The van der Waals surface area contributed by atoms with Gasteiger partial charge in [-0.1, -0.05) is 73.2 Å². The van der Waals surface area contributed by atoms with Crippen LogP contribution in [0.1, 0.15) is 32.8 Å². The maximum Gasteiger partial charge on any atom is 0.244 e. The number of nitrogens with one attached hydrogen (secondary N) is 1. The molecule has 1 N–H and O–H groups in total. The molecule has 12 heteroatoms. The molecule has 0 heterocycles. The van der Waals surface area contributed by atoms with E-state index >= 15 is 0 Å². The molecule has 198 valence electrons. The topological polar surface area (TPSA) is 86.8 Å². The molecule has 0 unspecified atom stereocenters. The highest BCUT2D eigenvalue weighted by Crippen LogP contribution is 2.30. The Balaban J connectivity index is 2.50. The molecule has 2 rings (SSSR count). The van der Waals surface area contributed by atoms with Crippen LogP contribution in [0.25, 0.3) is 0 Å². The number of rotatable bonds is 11. The molecule has 0 aliphatic rings. The van der Waals surface area contributed by atoms with Crippen LogP contribution in [0.3, 0.4) is 0 Å². The zero-order valence-corrected chi connectivity index (χ0v) is 24.2. The van der Waals surface area contributed by atoms with Crippen molar-refractivity contribution in [1.29, 1.82) is 0 Å². The van der Waals surface area contributed by atoms with Crippen LogP contribution in [-0.2, 0) is 26.2 Å². The highest BCUT2D eigenvalue weighted by atomic mass is 35.5. The molecule has 2 aromatic carbocycles. The third kappa shape index (κ3) is 8.15. The molecule has 2 amide bonds. The van der Waals surface area contributed by atoms with Crippen LogP contribution < -0.4 is 9.62 Å². The summed E-state index contributed by atoms with van der Waals surface area (Å²) in [6.45, 7) is 5.42. The summed E-state index contributed by atoms with van der Waals surface area (Å²) in [6.07, 6.45) is 1.26. The summed E-state index contributed by atoms with van der Waals surface area (Å²) in [4.78, 5) is 28.1. The number of anilines is 1. The van der Waals surface area contributed by atoms with Gasteiger partial charge < -0.3 is 10.2 Å². The number of amides is 2. The highest BCUT2D eigenvalue weighted by molar-refractivity contribution is 7.92. The molecule has 0 spiro atoms. The minimum absolute atomic E-state index is 0.0933. The quantitative estimate of drug-likeness (QED) is 0.363. The van der Waals surface area contributed by atoms with Gasteiger partial charge in [0, 0.05) is 28.7 Å². The van der Waals surface area contributed by atoms with E-state index in [9.17, 15) is 18.0 Å². The molecule has 0 saturated carbocycles. The monoisotopic (exact) mass is 595 g/mol. The van der Waals surface area contributed by atoms with Crippen molar-refractivity contribution >= 4 is 73.9 Å². The maximum atomic E-state index is 13.7. The van der Waals surface area contributed by atoms with Gasteiger partial charge in [0.15, 0.2) is 0 Å². The van der Waals surface area contributed by atoms with E-state index < -0.39 is 28.5 Å². The van der Waals surface area contributed by atoms with Crippen LogP contribution in [-0.4, -0.2) is 50.5 Å². The number of carbonyl (C=O) groups excluding carboxylic acids is 2. The Morgan fingerprint density at radius 3 is 2.08 bits per heavy atom. The van der Waals surface area contributed by atoms with Gasteiger partial charge in [-0.05, 0) is 42.7 Å². The fourth-order valence-corrected chi connectivity index (χ4v) is 5.10. The van der Waals surface area contributed by atoms with Crippen molar-refractivity contribution in [2.45, 2.75) is 39.8 Å². The van der Waals surface area contributed by atoms with Gasteiger partial charge in [-0.15, -0.1) is 0 Å². The minimum atomic E-state index is -3.91. The molecule has 0 fully saturated rings. The largest absolute Gasteiger partial charge is 0.354 e. The van der Waals surface area contributed by atoms with Crippen LogP contribution in [0, 0.1) is 5.92 Å². The average Bonchev–Trinajstić information content (AvgIpc) is 2.78. The second kappa shape index (κ2) is 13.2. The second-order valence-corrected chi connectivity index (χ2v) is 12.2. The Labute approximate surface area is 232 Å². The summed E-state index contributed by atoms with van der Waals surface area (Å²) in [6, 6.07) is 8.29. The van der Waals surface area contributed by atoms with Crippen LogP contribution in [0.2, 0.25) is 20.1 Å². The number of carbonyl (C=O) groups is 2. The van der Waals surface area contributed by atoms with Gasteiger partial charge in [0.05, 0.1) is 22.0 Å². The lowest BCUT2D eigenvalue weighted by Gasteiger charge is -2.33. The Bertz CT molecular complexity index is 1190. The molecule has 0 aliphatic heterocycles. The predicted molar refractivity (Wildman–Crippen MR) is 148 cm³/mol. The summed E-state index contributed by atoms with van der Waals surface area (Å²) in [5.41, 5.74) is 0.609. The molecule has 2 aromatic rings. The van der Waals surface area contributed by atoms with E-state index in [1.54, 1.807) is 25.1 Å². The Kier molecular flexibility index (Phi) is 11.2. The van der Waals surface area contributed by atoms with E-state index in [1.807, 2.05) is 13.8 Å². The van der Waals surface area contributed by atoms with Crippen molar-refractivity contribution in [3.05, 3.63) is 62.1 Å². The first-order chi connectivity index (χ1) is 16.8. The lowest BCUT2D eigenvalue weighted by molar-refractivity contribution is -0.140. The van der Waals surface area contributed by atoms with E-state index in [4.69, 9.17) is 46.4 Å². The van der Waals surface area contributed by atoms with Gasteiger partial charge in [-0.3, -0.25) is 13.9 Å². The van der Waals surface area contributed by atoms with Gasteiger partial charge in [-0.25, -0.2) is 8.42 Å². The van der Waals surface area contributed by atoms with Crippen LogP contribution in [0.4, 0.5) is 5.69 Å². The SMILES string of the molecule is CC[C@@H](C(=O)NCC(C)C)N(Cc1c(Cl)cccc1Cl)C(=O)CN(c1ccc(Cl)c(Cl)c1)S(C)(=O)=O. The smallest absolute Gasteiger partial charge is 0.244 e. The number of benzene rings is 2. The molecule has 36 heavy (non-hydrogen) atoms.